The molecule has 0 aliphatic carbocycles. The first-order valence-electron chi connectivity index (χ1n) is 6.42. The Bertz CT molecular complexity index is 405. The maximum Gasteiger partial charge on any atom is 0.124 e. The van der Waals surface area contributed by atoms with Gasteiger partial charge in [-0.3, -0.25) is 0 Å². The van der Waals surface area contributed by atoms with E-state index in [0.29, 0.717) is 11.0 Å². The first-order chi connectivity index (χ1) is 8.42. The third-order valence-electron chi connectivity index (χ3n) is 2.93. The Kier molecular flexibility index (Phi) is 5.20. The molecule has 3 heteroatoms. The molecule has 1 aromatic rings. The van der Waals surface area contributed by atoms with Crippen LogP contribution in [-0.2, 0) is 6.42 Å². The van der Waals surface area contributed by atoms with Crippen molar-refractivity contribution in [2.24, 2.45) is 10.6 Å². The molecule has 0 aliphatic rings. The number of benzene rings is 1. The molecule has 0 heterocycles. The van der Waals surface area contributed by atoms with Crippen LogP contribution in [0, 0.1) is 5.41 Å². The van der Waals surface area contributed by atoms with Gasteiger partial charge in [0.1, 0.15) is 5.75 Å². The lowest BCUT2D eigenvalue weighted by Crippen LogP contribution is -2.04. The molecule has 100 valence electrons. The number of hydrogen-bond acceptors (Lipinski definition) is 3. The zero-order chi connectivity index (χ0) is 13.6. The van der Waals surface area contributed by atoms with E-state index in [4.69, 9.17) is 5.21 Å². The minimum atomic E-state index is 0.145. The molecule has 2 N–H and O–H groups in total. The fraction of sp³-hybridized carbons (Fsp3) is 0.533. The number of aromatic hydroxyl groups is 1. The maximum atomic E-state index is 9.54. The van der Waals surface area contributed by atoms with Crippen LogP contribution in [0.1, 0.15) is 51.2 Å². The van der Waals surface area contributed by atoms with Gasteiger partial charge in [-0.25, -0.2) is 0 Å². The minimum Gasteiger partial charge on any atom is -0.507 e. The first-order valence-corrected chi connectivity index (χ1v) is 6.42. The van der Waals surface area contributed by atoms with E-state index in [1.54, 1.807) is 6.07 Å². The second-order valence-corrected chi connectivity index (χ2v) is 5.91. The number of rotatable bonds is 5. The van der Waals surface area contributed by atoms with Gasteiger partial charge in [0.2, 0.25) is 0 Å². The van der Waals surface area contributed by atoms with E-state index in [9.17, 15) is 5.11 Å². The second-order valence-electron chi connectivity index (χ2n) is 5.91. The molecule has 0 amide bonds. The van der Waals surface area contributed by atoms with Crippen LogP contribution >= 0.6 is 0 Å². The van der Waals surface area contributed by atoms with Gasteiger partial charge in [0.25, 0.3) is 0 Å². The summed E-state index contributed by atoms with van der Waals surface area (Å²) in [5.74, 6) is 0.145. The van der Waals surface area contributed by atoms with Crippen LogP contribution < -0.4 is 0 Å². The van der Waals surface area contributed by atoms with Gasteiger partial charge in [-0.15, -0.1) is 0 Å². The Labute approximate surface area is 109 Å². The summed E-state index contributed by atoms with van der Waals surface area (Å²) in [5, 5.41) is 21.0. The SMILES string of the molecule is CC(C)(C)CCCCc1ccc(O)c(/C=N/O)c1. The van der Waals surface area contributed by atoms with E-state index >= 15 is 0 Å². The molecular formula is C15H23NO2. The summed E-state index contributed by atoms with van der Waals surface area (Å²) in [4.78, 5) is 0. The van der Waals surface area contributed by atoms with Gasteiger partial charge in [-0.05, 0) is 42.4 Å². The number of oxime groups is 1. The summed E-state index contributed by atoms with van der Waals surface area (Å²) in [6.45, 7) is 6.76. The van der Waals surface area contributed by atoms with Crippen molar-refractivity contribution in [3.8, 4) is 5.75 Å². The van der Waals surface area contributed by atoms with E-state index in [-0.39, 0.29) is 5.75 Å². The van der Waals surface area contributed by atoms with Crippen molar-refractivity contribution in [1.29, 1.82) is 0 Å². The van der Waals surface area contributed by atoms with E-state index < -0.39 is 0 Å². The Balaban J connectivity index is 2.50. The molecule has 0 fully saturated rings. The summed E-state index contributed by atoms with van der Waals surface area (Å²) in [5.41, 5.74) is 2.12. The summed E-state index contributed by atoms with van der Waals surface area (Å²) >= 11 is 0. The van der Waals surface area contributed by atoms with Crippen LogP contribution in [0.5, 0.6) is 5.75 Å². The fourth-order valence-electron chi connectivity index (χ4n) is 1.91. The summed E-state index contributed by atoms with van der Waals surface area (Å²) in [7, 11) is 0. The highest BCUT2D eigenvalue weighted by molar-refractivity contribution is 5.83. The molecule has 18 heavy (non-hydrogen) atoms. The van der Waals surface area contributed by atoms with Gasteiger partial charge in [-0.2, -0.15) is 0 Å². The molecule has 0 unspecified atom stereocenters. The van der Waals surface area contributed by atoms with Gasteiger partial charge in [0, 0.05) is 5.56 Å². The van der Waals surface area contributed by atoms with Gasteiger partial charge < -0.3 is 10.3 Å². The van der Waals surface area contributed by atoms with Crippen molar-refractivity contribution < 1.29 is 10.3 Å². The second kappa shape index (κ2) is 6.43. The minimum absolute atomic E-state index is 0.145. The number of phenolic OH excluding ortho intramolecular Hbond substituents is 1. The molecule has 0 bridgehead atoms. The van der Waals surface area contributed by atoms with Crippen LogP contribution in [-0.4, -0.2) is 16.5 Å². The van der Waals surface area contributed by atoms with Crippen LogP contribution in [0.15, 0.2) is 23.4 Å². The molecule has 0 spiro atoms. The van der Waals surface area contributed by atoms with Gasteiger partial charge >= 0.3 is 0 Å². The average molecular weight is 249 g/mol. The van der Waals surface area contributed by atoms with Crippen molar-refractivity contribution in [2.45, 2.75) is 46.5 Å². The molecule has 0 saturated heterocycles. The predicted molar refractivity (Wildman–Crippen MR) is 74.5 cm³/mol. The van der Waals surface area contributed by atoms with Crippen molar-refractivity contribution in [2.75, 3.05) is 0 Å². The number of hydrogen-bond donors (Lipinski definition) is 2. The molecule has 0 radical (unpaired) electrons. The molecular weight excluding hydrogens is 226 g/mol. The monoisotopic (exact) mass is 249 g/mol. The zero-order valence-electron chi connectivity index (χ0n) is 11.5. The number of aryl methyl sites for hydroxylation is 1. The van der Waals surface area contributed by atoms with Gasteiger partial charge in [0.15, 0.2) is 0 Å². The first kappa shape index (κ1) is 14.6. The topological polar surface area (TPSA) is 52.8 Å². The third-order valence-corrected chi connectivity index (χ3v) is 2.93. The summed E-state index contributed by atoms with van der Waals surface area (Å²) in [6, 6.07) is 5.43. The highest BCUT2D eigenvalue weighted by Crippen LogP contribution is 2.23. The molecule has 1 rings (SSSR count). The van der Waals surface area contributed by atoms with E-state index in [2.05, 4.69) is 25.9 Å². The standard InChI is InChI=1S/C15H23NO2/c1-15(2,3)9-5-4-6-12-7-8-14(17)13(10-12)11-16-18/h7-8,10-11,17-18H,4-6,9H2,1-3H3/b16-11+. The zero-order valence-corrected chi connectivity index (χ0v) is 11.5. The molecule has 1 aromatic carbocycles. The van der Waals surface area contributed by atoms with Gasteiger partial charge in [-0.1, -0.05) is 38.4 Å². The molecule has 3 nitrogen and oxygen atoms in total. The van der Waals surface area contributed by atoms with Crippen molar-refractivity contribution >= 4 is 6.21 Å². The van der Waals surface area contributed by atoms with E-state index in [1.807, 2.05) is 12.1 Å². The van der Waals surface area contributed by atoms with Crippen LogP contribution in [0.4, 0.5) is 0 Å². The Morgan fingerprint density at radius 2 is 1.94 bits per heavy atom. The Morgan fingerprint density at radius 3 is 2.56 bits per heavy atom. The predicted octanol–water partition coefficient (Wildman–Crippen LogP) is 3.96. The van der Waals surface area contributed by atoms with E-state index in [0.717, 1.165) is 18.4 Å². The van der Waals surface area contributed by atoms with Crippen molar-refractivity contribution in [1.82, 2.24) is 0 Å². The highest BCUT2D eigenvalue weighted by atomic mass is 16.4. The molecule has 0 saturated carbocycles. The van der Waals surface area contributed by atoms with Crippen LogP contribution in [0.2, 0.25) is 0 Å². The lowest BCUT2D eigenvalue weighted by atomic mass is 9.89. The number of nitrogens with zero attached hydrogens (tertiary/aromatic N) is 1. The van der Waals surface area contributed by atoms with Crippen LogP contribution in [0.3, 0.4) is 0 Å². The average Bonchev–Trinajstić information content (AvgIpc) is 2.28. The van der Waals surface area contributed by atoms with Crippen molar-refractivity contribution in [3.63, 3.8) is 0 Å². The number of phenols is 1. The quantitative estimate of drug-likeness (QED) is 0.359. The van der Waals surface area contributed by atoms with E-state index in [1.165, 1.54) is 19.1 Å². The smallest absolute Gasteiger partial charge is 0.124 e. The lowest BCUT2D eigenvalue weighted by Gasteiger charge is -2.17. The number of unbranched alkanes of at least 4 members (excludes halogenated alkanes) is 1. The Morgan fingerprint density at radius 1 is 1.22 bits per heavy atom. The lowest BCUT2D eigenvalue weighted by molar-refractivity contribution is 0.321. The largest absolute Gasteiger partial charge is 0.507 e. The summed E-state index contributed by atoms with van der Waals surface area (Å²) in [6.07, 6.45) is 5.80. The van der Waals surface area contributed by atoms with Crippen molar-refractivity contribution in [3.05, 3.63) is 29.3 Å². The normalized spacial score (nSPS) is 12.2. The summed E-state index contributed by atoms with van der Waals surface area (Å²) < 4.78 is 0. The molecule has 0 aromatic heterocycles. The highest BCUT2D eigenvalue weighted by Gasteiger charge is 2.09. The third kappa shape index (κ3) is 5.21. The molecule has 0 atom stereocenters. The van der Waals surface area contributed by atoms with Crippen LogP contribution in [0.25, 0.3) is 0 Å². The maximum absolute atomic E-state index is 9.54. The fourth-order valence-corrected chi connectivity index (χ4v) is 1.91. The van der Waals surface area contributed by atoms with Gasteiger partial charge in [0.05, 0.1) is 6.21 Å². The Hall–Kier alpha value is -1.51. The molecule has 0 aliphatic heterocycles.